The summed E-state index contributed by atoms with van der Waals surface area (Å²) in [5.74, 6) is -0.738. The van der Waals surface area contributed by atoms with Gasteiger partial charge in [0.25, 0.3) is 5.91 Å². The van der Waals surface area contributed by atoms with Gasteiger partial charge in [0.05, 0.1) is 11.1 Å². The zero-order valence-electron chi connectivity index (χ0n) is 17.5. The van der Waals surface area contributed by atoms with Crippen LogP contribution in [0.5, 0.6) is 0 Å². The predicted octanol–water partition coefficient (Wildman–Crippen LogP) is 4.50. The van der Waals surface area contributed by atoms with Crippen molar-refractivity contribution in [1.29, 1.82) is 0 Å². The molecule has 1 unspecified atom stereocenters. The number of ether oxygens (including phenoxy) is 2. The Hall–Kier alpha value is -2.83. The first-order valence-corrected chi connectivity index (χ1v) is 10.1. The van der Waals surface area contributed by atoms with Crippen molar-refractivity contribution >= 4 is 16.8 Å². The molecule has 2 aromatic carbocycles. The maximum Gasteiger partial charge on any atom is 0.253 e. The number of carbonyl (C=O) groups excluding carboxylic acids is 1. The minimum atomic E-state index is -0.832. The lowest BCUT2D eigenvalue weighted by molar-refractivity contribution is -0.176. The van der Waals surface area contributed by atoms with Gasteiger partial charge in [0, 0.05) is 31.2 Å². The molecule has 1 N–H and O–H groups in total. The van der Waals surface area contributed by atoms with E-state index in [-0.39, 0.29) is 11.4 Å². The zero-order valence-corrected chi connectivity index (χ0v) is 17.5. The number of fused-ring (bicyclic) bond motifs is 1. The smallest absolute Gasteiger partial charge is 0.253 e. The topological polar surface area (TPSA) is 60.5 Å². The highest BCUT2D eigenvalue weighted by atomic mass is 19.1. The molecule has 158 valence electrons. The number of aromatic nitrogens is 1. The van der Waals surface area contributed by atoms with E-state index >= 15 is 0 Å². The van der Waals surface area contributed by atoms with Crippen LogP contribution in [-0.4, -0.2) is 35.9 Å². The summed E-state index contributed by atoms with van der Waals surface area (Å²) in [4.78, 5) is 17.3. The molecule has 0 saturated heterocycles. The van der Waals surface area contributed by atoms with Crippen LogP contribution >= 0.6 is 0 Å². The summed E-state index contributed by atoms with van der Waals surface area (Å²) in [5, 5.41) is 3.65. The summed E-state index contributed by atoms with van der Waals surface area (Å²) in [7, 11) is 0. The summed E-state index contributed by atoms with van der Waals surface area (Å²) in [6, 6.07) is 16.2. The second kappa shape index (κ2) is 9.78. The fourth-order valence-electron chi connectivity index (χ4n) is 3.50. The average Bonchev–Trinajstić information content (AvgIpc) is 2.74. The first-order valence-electron chi connectivity index (χ1n) is 10.1. The molecule has 0 aliphatic rings. The Labute approximate surface area is 176 Å². The third-order valence-corrected chi connectivity index (χ3v) is 4.89. The van der Waals surface area contributed by atoms with Gasteiger partial charge in [-0.25, -0.2) is 4.39 Å². The molecule has 3 rings (SSSR count). The number of hydrogen-bond donors (Lipinski definition) is 1. The minimum Gasteiger partial charge on any atom is -0.351 e. The van der Waals surface area contributed by atoms with Crippen LogP contribution in [-0.2, 0) is 15.9 Å². The van der Waals surface area contributed by atoms with Crippen LogP contribution in [0.4, 0.5) is 4.39 Å². The number of halogens is 1. The summed E-state index contributed by atoms with van der Waals surface area (Å²) in [6.45, 7) is 6.57. The standard InChI is InChI=1S/C24H27FN2O3/c1-4-29-23(30-5-2)24(3,15-17-10-7-6-8-11-17)27-22(28)19-14-18-12-9-13-20(25)21(18)26-16-19/h6-14,16,23H,4-5,15H2,1-3H3,(H,27,28). The molecule has 0 aliphatic carbocycles. The first kappa shape index (κ1) is 21.9. The molecule has 1 aromatic heterocycles. The van der Waals surface area contributed by atoms with Gasteiger partial charge in [-0.1, -0.05) is 42.5 Å². The van der Waals surface area contributed by atoms with Crippen molar-refractivity contribution in [3.8, 4) is 0 Å². The number of nitrogens with one attached hydrogen (secondary N) is 1. The van der Waals surface area contributed by atoms with Crippen LogP contribution in [0.3, 0.4) is 0 Å². The maximum atomic E-state index is 13.9. The van der Waals surface area contributed by atoms with Crippen molar-refractivity contribution in [2.45, 2.75) is 39.0 Å². The maximum absolute atomic E-state index is 13.9. The molecule has 0 bridgehead atoms. The average molecular weight is 410 g/mol. The highest BCUT2D eigenvalue weighted by Gasteiger charge is 2.38. The number of amides is 1. The van der Waals surface area contributed by atoms with Gasteiger partial charge in [0.2, 0.25) is 0 Å². The lowest BCUT2D eigenvalue weighted by atomic mass is 9.91. The molecule has 3 aromatic rings. The van der Waals surface area contributed by atoms with E-state index in [0.29, 0.717) is 30.6 Å². The minimum absolute atomic E-state index is 0.239. The van der Waals surface area contributed by atoms with E-state index in [9.17, 15) is 9.18 Å². The second-order valence-corrected chi connectivity index (χ2v) is 7.31. The molecule has 1 amide bonds. The molecule has 1 atom stereocenters. The Bertz CT molecular complexity index is 990. The Morgan fingerprint density at radius 1 is 1.10 bits per heavy atom. The first-order chi connectivity index (χ1) is 14.5. The number of carbonyl (C=O) groups is 1. The van der Waals surface area contributed by atoms with E-state index in [1.807, 2.05) is 51.1 Å². The predicted molar refractivity (Wildman–Crippen MR) is 115 cm³/mol. The highest BCUT2D eigenvalue weighted by Crippen LogP contribution is 2.23. The fraction of sp³-hybridized carbons (Fsp3) is 0.333. The molecule has 0 saturated carbocycles. The quantitative estimate of drug-likeness (QED) is 0.528. The number of pyridine rings is 1. The van der Waals surface area contributed by atoms with Crippen molar-refractivity contribution in [2.75, 3.05) is 13.2 Å². The summed E-state index contributed by atoms with van der Waals surface area (Å²) in [6.07, 6.45) is 1.27. The van der Waals surface area contributed by atoms with E-state index in [4.69, 9.17) is 9.47 Å². The molecule has 0 aliphatic heterocycles. The van der Waals surface area contributed by atoms with E-state index in [0.717, 1.165) is 5.56 Å². The van der Waals surface area contributed by atoms with Crippen LogP contribution in [0.1, 0.15) is 36.7 Å². The Morgan fingerprint density at radius 2 is 1.80 bits per heavy atom. The van der Waals surface area contributed by atoms with Gasteiger partial charge in [-0.3, -0.25) is 9.78 Å². The summed E-state index contributed by atoms with van der Waals surface area (Å²) < 4.78 is 25.6. The number of nitrogens with zero attached hydrogens (tertiary/aromatic N) is 1. The van der Waals surface area contributed by atoms with Gasteiger partial charge in [0.1, 0.15) is 11.3 Å². The van der Waals surface area contributed by atoms with E-state index in [2.05, 4.69) is 10.3 Å². The zero-order chi connectivity index (χ0) is 21.6. The van der Waals surface area contributed by atoms with Crippen molar-refractivity contribution in [3.05, 3.63) is 77.7 Å². The lowest BCUT2D eigenvalue weighted by Crippen LogP contribution is -2.58. The number of hydrogen-bond acceptors (Lipinski definition) is 4. The third-order valence-electron chi connectivity index (χ3n) is 4.89. The van der Waals surface area contributed by atoms with Crippen molar-refractivity contribution in [3.63, 3.8) is 0 Å². The number of para-hydroxylation sites is 1. The number of rotatable bonds is 9. The molecule has 5 nitrogen and oxygen atoms in total. The molecule has 0 spiro atoms. The van der Waals surface area contributed by atoms with Crippen LogP contribution in [0.25, 0.3) is 10.9 Å². The molecular weight excluding hydrogens is 383 g/mol. The van der Waals surface area contributed by atoms with E-state index < -0.39 is 17.6 Å². The van der Waals surface area contributed by atoms with E-state index in [1.54, 1.807) is 18.2 Å². The van der Waals surface area contributed by atoms with Crippen molar-refractivity contribution in [2.24, 2.45) is 0 Å². The Kier molecular flexibility index (Phi) is 7.13. The van der Waals surface area contributed by atoms with Crippen LogP contribution in [0, 0.1) is 5.82 Å². The monoisotopic (exact) mass is 410 g/mol. The van der Waals surface area contributed by atoms with Gasteiger partial charge in [-0.05, 0) is 38.5 Å². The van der Waals surface area contributed by atoms with Gasteiger partial charge >= 0.3 is 0 Å². The molecule has 1 heterocycles. The molecular formula is C24H27FN2O3. The van der Waals surface area contributed by atoms with Gasteiger partial charge in [-0.15, -0.1) is 0 Å². The summed E-state index contributed by atoms with van der Waals surface area (Å²) in [5.41, 5.74) is 0.798. The molecule has 0 fully saturated rings. The van der Waals surface area contributed by atoms with Gasteiger partial charge in [-0.2, -0.15) is 0 Å². The van der Waals surface area contributed by atoms with Crippen LogP contribution in [0.15, 0.2) is 60.8 Å². The summed E-state index contributed by atoms with van der Waals surface area (Å²) >= 11 is 0. The second-order valence-electron chi connectivity index (χ2n) is 7.31. The van der Waals surface area contributed by atoms with Crippen LogP contribution < -0.4 is 5.32 Å². The van der Waals surface area contributed by atoms with E-state index in [1.165, 1.54) is 12.3 Å². The highest BCUT2D eigenvalue weighted by molar-refractivity contribution is 5.97. The van der Waals surface area contributed by atoms with Gasteiger partial charge in [0.15, 0.2) is 6.29 Å². The Morgan fingerprint density at radius 3 is 2.47 bits per heavy atom. The third kappa shape index (κ3) is 5.01. The van der Waals surface area contributed by atoms with Crippen molar-refractivity contribution < 1.29 is 18.7 Å². The van der Waals surface area contributed by atoms with Gasteiger partial charge < -0.3 is 14.8 Å². The number of benzene rings is 2. The largest absolute Gasteiger partial charge is 0.351 e. The SMILES string of the molecule is CCOC(OCC)C(C)(Cc1ccccc1)NC(=O)c1cnc2c(F)cccc2c1. The van der Waals surface area contributed by atoms with Crippen molar-refractivity contribution in [1.82, 2.24) is 10.3 Å². The van der Waals surface area contributed by atoms with Crippen LogP contribution in [0.2, 0.25) is 0 Å². The Balaban J connectivity index is 1.92. The molecule has 30 heavy (non-hydrogen) atoms. The fourth-order valence-corrected chi connectivity index (χ4v) is 3.50. The normalized spacial score (nSPS) is 13.4. The molecule has 0 radical (unpaired) electrons. The lowest BCUT2D eigenvalue weighted by Gasteiger charge is -2.38. The molecule has 6 heteroatoms.